The molecule has 0 atom stereocenters. The van der Waals surface area contributed by atoms with Gasteiger partial charge in [0.05, 0.1) is 0 Å². The average molecular weight is 593 g/mol. The van der Waals surface area contributed by atoms with Crippen LogP contribution in [0.3, 0.4) is 0 Å². The van der Waals surface area contributed by atoms with Crippen LogP contribution in [0.4, 0.5) is 0 Å². The first-order chi connectivity index (χ1) is 10.4. The van der Waals surface area contributed by atoms with Gasteiger partial charge in [-0.1, -0.05) is 0 Å². The molecule has 0 aliphatic rings. The first kappa shape index (κ1) is 45.0. The first-order valence-electron chi connectivity index (χ1n) is 5.99. The minimum atomic E-state index is -4.69. The number of hydrogen-bond acceptors (Lipinski definition) is 6. The van der Waals surface area contributed by atoms with E-state index < -0.39 is 68.6 Å². The van der Waals surface area contributed by atoms with E-state index in [1.54, 1.807) is 0 Å². The maximum absolute atomic E-state index is 11.0. The van der Waals surface area contributed by atoms with Crippen molar-refractivity contribution in [1.29, 1.82) is 0 Å². The molecule has 0 fully saturated rings. The topological polar surface area (TPSA) is 237 Å². The molecule has 0 saturated heterocycles. The van der Waals surface area contributed by atoms with Gasteiger partial charge in [0.1, 0.15) is 25.1 Å². The fourth-order valence-corrected chi connectivity index (χ4v) is 5.06. The third-order valence-electron chi connectivity index (χ3n) is 2.27. The van der Waals surface area contributed by atoms with Crippen LogP contribution >= 0.6 is 30.4 Å². The quantitative estimate of drug-likeness (QED) is 0.0822. The molecule has 0 saturated carbocycles. The fraction of sp³-hybridized carbons (Fsp3) is 1.00. The zero-order valence-electron chi connectivity index (χ0n) is 16.1. The van der Waals surface area contributed by atoms with E-state index in [1.807, 2.05) is 0 Å². The molecule has 0 rings (SSSR count). The Hall–Kier alpha value is 7.07. The van der Waals surface area contributed by atoms with Crippen molar-refractivity contribution in [1.82, 2.24) is 9.80 Å². The fourth-order valence-electron chi connectivity index (χ4n) is 1.70. The first-order valence-corrected chi connectivity index (χ1v) is 13.2. The van der Waals surface area contributed by atoms with Gasteiger partial charge in [0, 0.05) is 13.1 Å². The summed E-state index contributed by atoms with van der Waals surface area (Å²) >= 11 is 0. The van der Waals surface area contributed by atoms with Gasteiger partial charge >= 0.3 is 236 Å². The van der Waals surface area contributed by atoms with Crippen molar-refractivity contribution >= 4 is 30.4 Å². The Labute approximate surface area is 332 Å². The second kappa shape index (κ2) is 20.1. The smallest absolute Gasteiger partial charge is 0.324 e. The molecular formula is C6H20K4N2O12P4+4. The second-order valence-corrected chi connectivity index (χ2v) is 11.5. The molecule has 0 amide bonds. The number of rotatable bonds is 11. The third-order valence-corrected chi connectivity index (χ3v) is 5.34. The van der Waals surface area contributed by atoms with Gasteiger partial charge in [-0.2, -0.15) is 0 Å². The zero-order valence-corrected chi connectivity index (χ0v) is 32.2. The summed E-state index contributed by atoms with van der Waals surface area (Å²) in [6.07, 6.45) is -4.18. The van der Waals surface area contributed by atoms with Crippen molar-refractivity contribution in [3.8, 4) is 0 Å². The SMILES string of the molecule is O=P(O)(O)CN(CCN(CP(=O)(O)O)CP(=O)(O)O)CP(=O)(O)O.[K+].[K+].[K+].[K+]. The van der Waals surface area contributed by atoms with Crippen molar-refractivity contribution in [2.75, 3.05) is 38.2 Å². The molecule has 0 bridgehead atoms. The Morgan fingerprint density at radius 3 is 0.679 bits per heavy atom. The predicted molar refractivity (Wildman–Crippen MR) is 81.1 cm³/mol. The van der Waals surface area contributed by atoms with Crippen molar-refractivity contribution in [3.05, 3.63) is 0 Å². The molecule has 22 heteroatoms. The van der Waals surface area contributed by atoms with E-state index >= 15 is 0 Å². The Morgan fingerprint density at radius 2 is 0.571 bits per heavy atom. The summed E-state index contributed by atoms with van der Waals surface area (Å²) in [7, 11) is -18.8. The monoisotopic (exact) mass is 592 g/mol. The standard InChI is InChI=1S/C6H20N2O12P4.4K/c9-21(10,11)3-7(4-22(12,13)14)1-2-8(5-23(15,16)17)6-24(18,19)20;;;;/h1-6H2,(H2,9,10,11)(H2,12,13,14)(H2,15,16,17)(H2,18,19,20);;;;/q;4*+1. The van der Waals surface area contributed by atoms with E-state index in [1.165, 1.54) is 0 Å². The average Bonchev–Trinajstić information content (AvgIpc) is 2.16. The molecule has 0 aliphatic heterocycles. The van der Waals surface area contributed by atoms with Gasteiger partial charge < -0.3 is 39.1 Å². The molecule has 8 N–H and O–H groups in total. The minimum Gasteiger partial charge on any atom is -0.324 e. The maximum Gasteiger partial charge on any atom is 1.00 e. The van der Waals surface area contributed by atoms with Crippen LogP contribution in [0.1, 0.15) is 0 Å². The summed E-state index contributed by atoms with van der Waals surface area (Å²) in [4.78, 5) is 72.3. The molecule has 0 aromatic rings. The summed E-state index contributed by atoms with van der Waals surface area (Å²) in [6, 6.07) is 0. The maximum atomic E-state index is 11.0. The Kier molecular flexibility index (Phi) is 32.3. The largest absolute Gasteiger partial charge is 1.00 e. The predicted octanol–water partition coefficient (Wildman–Crippen LogP) is -13.9. The molecule has 146 valence electrons. The summed E-state index contributed by atoms with van der Waals surface area (Å²) in [5, 5.41) is 0. The Morgan fingerprint density at radius 1 is 0.429 bits per heavy atom. The molecule has 0 radical (unpaired) electrons. The van der Waals surface area contributed by atoms with E-state index in [0.717, 1.165) is 0 Å². The molecule has 28 heavy (non-hydrogen) atoms. The summed E-state index contributed by atoms with van der Waals surface area (Å²) < 4.78 is 43.9. The van der Waals surface area contributed by atoms with Gasteiger partial charge in [-0.3, -0.25) is 28.1 Å². The van der Waals surface area contributed by atoms with E-state index in [-0.39, 0.29) is 206 Å². The van der Waals surface area contributed by atoms with Crippen molar-refractivity contribution in [3.63, 3.8) is 0 Å². The van der Waals surface area contributed by atoms with Crippen LogP contribution in [0.25, 0.3) is 0 Å². The molecule has 0 aromatic carbocycles. The summed E-state index contributed by atoms with van der Waals surface area (Å²) in [5.74, 6) is 0. The number of nitrogens with zero attached hydrogens (tertiary/aromatic N) is 2. The van der Waals surface area contributed by atoms with Crippen molar-refractivity contribution in [2.45, 2.75) is 0 Å². The van der Waals surface area contributed by atoms with Gasteiger partial charge in [-0.05, 0) is 0 Å². The van der Waals surface area contributed by atoms with Crippen LogP contribution in [-0.2, 0) is 18.3 Å². The van der Waals surface area contributed by atoms with E-state index in [0.29, 0.717) is 9.80 Å². The molecule has 0 unspecified atom stereocenters. The van der Waals surface area contributed by atoms with Crippen LogP contribution in [-0.4, -0.2) is 87.2 Å². The minimum absolute atomic E-state index is 0. The zero-order chi connectivity index (χ0) is 19.4. The van der Waals surface area contributed by atoms with Crippen LogP contribution in [0.15, 0.2) is 0 Å². The number of hydrogen-bond donors (Lipinski definition) is 8. The van der Waals surface area contributed by atoms with E-state index in [4.69, 9.17) is 39.1 Å². The van der Waals surface area contributed by atoms with Crippen LogP contribution in [0, 0.1) is 0 Å². The Bertz CT molecular complexity index is 503. The third kappa shape index (κ3) is 33.1. The van der Waals surface area contributed by atoms with E-state index in [9.17, 15) is 18.3 Å². The van der Waals surface area contributed by atoms with Crippen LogP contribution < -0.4 is 206 Å². The van der Waals surface area contributed by atoms with Gasteiger partial charge in [0.15, 0.2) is 0 Å². The van der Waals surface area contributed by atoms with E-state index in [2.05, 4.69) is 0 Å². The summed E-state index contributed by atoms with van der Waals surface area (Å²) in [5.41, 5.74) is 0. The molecule has 0 aromatic heterocycles. The van der Waals surface area contributed by atoms with Crippen LogP contribution in [0.2, 0.25) is 0 Å². The van der Waals surface area contributed by atoms with Crippen molar-refractivity contribution < 1.29 is 263 Å². The van der Waals surface area contributed by atoms with Gasteiger partial charge in [0.2, 0.25) is 0 Å². The molecule has 14 nitrogen and oxygen atoms in total. The second-order valence-electron chi connectivity index (χ2n) is 5.01. The molecule has 0 aliphatic carbocycles. The molecular weight excluding hydrogens is 572 g/mol. The van der Waals surface area contributed by atoms with Gasteiger partial charge in [-0.15, -0.1) is 0 Å². The normalized spacial score (nSPS) is 12.5. The van der Waals surface area contributed by atoms with Gasteiger partial charge in [0.25, 0.3) is 0 Å². The molecule has 0 spiro atoms. The summed E-state index contributed by atoms with van der Waals surface area (Å²) in [6.45, 7) is -1.01. The Balaban J connectivity index is -0.000000441. The van der Waals surface area contributed by atoms with Gasteiger partial charge in [-0.25, -0.2) is 0 Å². The van der Waals surface area contributed by atoms with Crippen LogP contribution in [0.5, 0.6) is 0 Å². The molecule has 0 heterocycles. The van der Waals surface area contributed by atoms with Crippen molar-refractivity contribution in [2.24, 2.45) is 0 Å².